The fraction of sp³-hybridized carbons (Fsp3) is 0.750. The maximum absolute atomic E-state index is 12.0. The first-order valence-electron chi connectivity index (χ1n) is 5.57. The predicted octanol–water partition coefficient (Wildman–Crippen LogP) is 1.78. The molecule has 0 fully saturated rings. The molecule has 0 aliphatic rings. The van der Waals surface area contributed by atoms with Crippen molar-refractivity contribution in [2.45, 2.75) is 46.2 Å². The van der Waals surface area contributed by atoms with E-state index < -0.39 is 0 Å². The lowest BCUT2D eigenvalue weighted by Gasteiger charge is -2.28. The first-order valence-corrected chi connectivity index (χ1v) is 5.57. The number of carbonyl (C=O) groups is 1. The molecule has 3 heteroatoms. The van der Waals surface area contributed by atoms with Gasteiger partial charge >= 0.3 is 0 Å². The van der Waals surface area contributed by atoms with Crippen LogP contribution in [0.15, 0.2) is 12.7 Å². The molecule has 0 heterocycles. The molecule has 1 atom stereocenters. The number of amides is 1. The summed E-state index contributed by atoms with van der Waals surface area (Å²) in [5.41, 5.74) is 5.86. The minimum atomic E-state index is -0.382. The Balaban J connectivity index is 4.41. The van der Waals surface area contributed by atoms with Crippen molar-refractivity contribution in [3.63, 3.8) is 0 Å². The van der Waals surface area contributed by atoms with Gasteiger partial charge in [0.05, 0.1) is 6.04 Å². The normalized spacial score (nSPS) is 13.0. The van der Waals surface area contributed by atoms with E-state index in [0.717, 1.165) is 6.42 Å². The highest BCUT2D eigenvalue weighted by molar-refractivity contribution is 5.82. The molecule has 1 amide bonds. The molecule has 0 bridgehead atoms. The van der Waals surface area contributed by atoms with E-state index in [4.69, 9.17) is 5.73 Å². The van der Waals surface area contributed by atoms with Crippen molar-refractivity contribution < 1.29 is 4.79 Å². The Morgan fingerprint density at radius 1 is 1.40 bits per heavy atom. The van der Waals surface area contributed by atoms with Gasteiger partial charge < -0.3 is 10.6 Å². The van der Waals surface area contributed by atoms with Crippen LogP contribution in [0.2, 0.25) is 0 Å². The Morgan fingerprint density at radius 2 is 1.93 bits per heavy atom. The van der Waals surface area contributed by atoms with Crippen LogP contribution in [-0.4, -0.2) is 29.4 Å². The minimum absolute atomic E-state index is 0.0265. The van der Waals surface area contributed by atoms with Crippen LogP contribution in [0.5, 0.6) is 0 Å². The lowest BCUT2D eigenvalue weighted by Crippen LogP contribution is -2.47. The fourth-order valence-corrected chi connectivity index (χ4v) is 1.52. The molecule has 2 N–H and O–H groups in total. The van der Waals surface area contributed by atoms with Crippen LogP contribution in [0, 0.1) is 5.92 Å². The van der Waals surface area contributed by atoms with E-state index >= 15 is 0 Å². The van der Waals surface area contributed by atoms with Gasteiger partial charge in [-0.3, -0.25) is 4.79 Å². The number of nitrogens with zero attached hydrogens (tertiary/aromatic N) is 1. The van der Waals surface area contributed by atoms with Crippen molar-refractivity contribution in [1.82, 2.24) is 4.90 Å². The van der Waals surface area contributed by atoms with Crippen LogP contribution >= 0.6 is 0 Å². The largest absolute Gasteiger partial charge is 0.335 e. The summed E-state index contributed by atoms with van der Waals surface area (Å²) in [6, 6.07) is -0.207. The molecular weight excluding hydrogens is 188 g/mol. The fourth-order valence-electron chi connectivity index (χ4n) is 1.52. The summed E-state index contributed by atoms with van der Waals surface area (Å²) < 4.78 is 0. The molecule has 0 unspecified atom stereocenters. The Bertz CT molecular complexity index is 212. The van der Waals surface area contributed by atoms with Crippen molar-refractivity contribution in [2.24, 2.45) is 11.7 Å². The van der Waals surface area contributed by atoms with E-state index in [-0.39, 0.29) is 18.0 Å². The van der Waals surface area contributed by atoms with Gasteiger partial charge in [-0.15, -0.1) is 6.58 Å². The third-order valence-electron chi connectivity index (χ3n) is 2.27. The zero-order valence-electron chi connectivity index (χ0n) is 10.4. The molecule has 0 rings (SSSR count). The average Bonchev–Trinajstić information content (AvgIpc) is 2.11. The predicted molar refractivity (Wildman–Crippen MR) is 64.5 cm³/mol. The van der Waals surface area contributed by atoms with Crippen LogP contribution in [-0.2, 0) is 4.79 Å². The number of hydrogen-bond acceptors (Lipinski definition) is 2. The van der Waals surface area contributed by atoms with Crippen LogP contribution in [0.3, 0.4) is 0 Å². The summed E-state index contributed by atoms with van der Waals surface area (Å²) in [7, 11) is 0. The highest BCUT2D eigenvalue weighted by Crippen LogP contribution is 2.08. The molecule has 0 aliphatic heterocycles. The second-order valence-electron chi connectivity index (χ2n) is 4.61. The topological polar surface area (TPSA) is 46.3 Å². The van der Waals surface area contributed by atoms with Gasteiger partial charge in [0.1, 0.15) is 0 Å². The van der Waals surface area contributed by atoms with E-state index in [2.05, 4.69) is 20.4 Å². The van der Waals surface area contributed by atoms with Crippen LogP contribution < -0.4 is 5.73 Å². The first kappa shape index (κ1) is 14.2. The summed E-state index contributed by atoms with van der Waals surface area (Å²) in [6.07, 6.45) is 2.47. The first-order chi connectivity index (χ1) is 6.90. The molecule has 0 saturated carbocycles. The Kier molecular flexibility index (Phi) is 6.25. The van der Waals surface area contributed by atoms with Gasteiger partial charge in [-0.2, -0.15) is 0 Å². The highest BCUT2D eigenvalue weighted by atomic mass is 16.2. The van der Waals surface area contributed by atoms with Gasteiger partial charge in [-0.25, -0.2) is 0 Å². The Morgan fingerprint density at radius 3 is 2.27 bits per heavy atom. The lowest BCUT2D eigenvalue weighted by atomic mass is 10.0. The Labute approximate surface area is 93.3 Å². The molecule has 0 radical (unpaired) electrons. The van der Waals surface area contributed by atoms with Gasteiger partial charge in [0.15, 0.2) is 0 Å². The van der Waals surface area contributed by atoms with E-state index in [9.17, 15) is 4.79 Å². The smallest absolute Gasteiger partial charge is 0.240 e. The second-order valence-corrected chi connectivity index (χ2v) is 4.61. The van der Waals surface area contributed by atoms with Crippen molar-refractivity contribution in [3.8, 4) is 0 Å². The van der Waals surface area contributed by atoms with Gasteiger partial charge in [0, 0.05) is 12.6 Å². The highest BCUT2D eigenvalue weighted by Gasteiger charge is 2.22. The molecule has 88 valence electrons. The van der Waals surface area contributed by atoms with Gasteiger partial charge in [0.2, 0.25) is 5.91 Å². The number of carbonyl (C=O) groups excluding carboxylic acids is 1. The second kappa shape index (κ2) is 6.62. The molecule has 0 aliphatic carbocycles. The number of hydrogen-bond donors (Lipinski definition) is 1. The van der Waals surface area contributed by atoms with Gasteiger partial charge in [0.25, 0.3) is 0 Å². The zero-order chi connectivity index (χ0) is 12.0. The summed E-state index contributed by atoms with van der Waals surface area (Å²) >= 11 is 0. The number of nitrogens with two attached hydrogens (primary N) is 1. The maximum Gasteiger partial charge on any atom is 0.240 e. The van der Waals surface area contributed by atoms with E-state index in [1.54, 1.807) is 11.0 Å². The molecule has 15 heavy (non-hydrogen) atoms. The summed E-state index contributed by atoms with van der Waals surface area (Å²) in [5, 5.41) is 0. The number of rotatable bonds is 6. The maximum atomic E-state index is 12.0. The molecular formula is C12H24N2O. The van der Waals surface area contributed by atoms with Crippen LogP contribution in [0.1, 0.15) is 34.1 Å². The third-order valence-corrected chi connectivity index (χ3v) is 2.27. The van der Waals surface area contributed by atoms with Crippen LogP contribution in [0.4, 0.5) is 0 Å². The monoisotopic (exact) mass is 212 g/mol. The average molecular weight is 212 g/mol. The van der Waals surface area contributed by atoms with Crippen molar-refractivity contribution in [2.75, 3.05) is 6.54 Å². The van der Waals surface area contributed by atoms with Gasteiger partial charge in [-0.1, -0.05) is 19.9 Å². The minimum Gasteiger partial charge on any atom is -0.335 e. The third kappa shape index (κ3) is 4.98. The molecule has 0 spiro atoms. The quantitative estimate of drug-likeness (QED) is 0.682. The molecule has 0 aromatic carbocycles. The molecule has 0 aromatic heterocycles. The van der Waals surface area contributed by atoms with Crippen molar-refractivity contribution >= 4 is 5.91 Å². The summed E-state index contributed by atoms with van der Waals surface area (Å²) in [6.45, 7) is 12.3. The standard InChI is InChI=1S/C12H24N2O/c1-6-7-14(10(4)5)12(15)11(13)8-9(2)3/h6,9-11H,1,7-8,13H2,2-5H3/t11-/m0/s1. The van der Waals surface area contributed by atoms with Crippen molar-refractivity contribution in [1.29, 1.82) is 0 Å². The van der Waals surface area contributed by atoms with Crippen molar-refractivity contribution in [3.05, 3.63) is 12.7 Å². The van der Waals surface area contributed by atoms with E-state index in [1.165, 1.54) is 0 Å². The molecule has 3 nitrogen and oxygen atoms in total. The molecule has 0 saturated heterocycles. The zero-order valence-corrected chi connectivity index (χ0v) is 10.4. The van der Waals surface area contributed by atoms with Crippen LogP contribution in [0.25, 0.3) is 0 Å². The molecule has 0 aromatic rings. The van der Waals surface area contributed by atoms with E-state index in [0.29, 0.717) is 12.5 Å². The Hall–Kier alpha value is -0.830. The summed E-state index contributed by atoms with van der Waals surface area (Å²) in [4.78, 5) is 13.7. The lowest BCUT2D eigenvalue weighted by molar-refractivity contribution is -0.134. The van der Waals surface area contributed by atoms with Gasteiger partial charge in [-0.05, 0) is 26.2 Å². The SMILES string of the molecule is C=CCN(C(=O)[C@@H](N)CC(C)C)C(C)C. The van der Waals surface area contributed by atoms with E-state index in [1.807, 2.05) is 13.8 Å². The summed E-state index contributed by atoms with van der Waals surface area (Å²) in [5.74, 6) is 0.472.